The third-order valence-corrected chi connectivity index (χ3v) is 5.41. The molecule has 1 N–H and O–H groups in total. The minimum absolute atomic E-state index is 0.262. The smallest absolute Gasteiger partial charge is 0.338 e. The standard InChI is InChI=1S/C27H21N5O3/c1-2-26(33)30-19-7-5-8-22(16-19)32-24-13-15-28-17-25(24)31(27(32)34)21-9-11-23(12-10-21)35-18-20-6-3-4-14-29-20/h2-17H,1,18H2,(H,30,33). The largest absolute Gasteiger partial charge is 0.487 e. The van der Waals surface area contributed by atoms with E-state index in [2.05, 4.69) is 21.9 Å². The normalized spacial score (nSPS) is 10.7. The van der Waals surface area contributed by atoms with Crippen LogP contribution in [0.3, 0.4) is 0 Å². The molecule has 2 aromatic carbocycles. The van der Waals surface area contributed by atoms with Crippen LogP contribution in [0.25, 0.3) is 22.4 Å². The Bertz CT molecular complexity index is 1570. The third kappa shape index (κ3) is 4.45. The highest BCUT2D eigenvalue weighted by Crippen LogP contribution is 2.23. The highest BCUT2D eigenvalue weighted by Gasteiger charge is 2.16. The van der Waals surface area contributed by atoms with Crippen LogP contribution in [0, 0.1) is 0 Å². The molecular weight excluding hydrogens is 442 g/mol. The Labute approximate surface area is 200 Å². The van der Waals surface area contributed by atoms with E-state index in [9.17, 15) is 9.59 Å². The van der Waals surface area contributed by atoms with Gasteiger partial charge in [0.15, 0.2) is 0 Å². The number of hydrogen-bond donors (Lipinski definition) is 1. The molecule has 172 valence electrons. The zero-order valence-corrected chi connectivity index (χ0v) is 18.7. The minimum atomic E-state index is -0.327. The second-order valence-corrected chi connectivity index (χ2v) is 7.67. The molecule has 0 fully saturated rings. The number of benzene rings is 2. The number of ether oxygens (including phenoxy) is 1. The Balaban J connectivity index is 1.51. The van der Waals surface area contributed by atoms with Crippen LogP contribution in [-0.2, 0) is 11.4 Å². The predicted molar refractivity (Wildman–Crippen MR) is 134 cm³/mol. The van der Waals surface area contributed by atoms with Gasteiger partial charge in [-0.05, 0) is 66.7 Å². The van der Waals surface area contributed by atoms with Crippen molar-refractivity contribution in [2.24, 2.45) is 0 Å². The average molecular weight is 463 g/mol. The number of hydrogen-bond acceptors (Lipinski definition) is 5. The van der Waals surface area contributed by atoms with Gasteiger partial charge in [-0.15, -0.1) is 0 Å². The summed E-state index contributed by atoms with van der Waals surface area (Å²) >= 11 is 0. The number of aromatic nitrogens is 4. The van der Waals surface area contributed by atoms with Gasteiger partial charge in [0.05, 0.1) is 34.3 Å². The maximum Gasteiger partial charge on any atom is 0.338 e. The number of rotatable bonds is 7. The molecule has 0 saturated heterocycles. The molecule has 0 radical (unpaired) electrons. The fraction of sp³-hybridized carbons (Fsp3) is 0.0370. The number of amides is 1. The number of nitrogens with one attached hydrogen (secondary N) is 1. The van der Waals surface area contributed by atoms with Crippen LogP contribution >= 0.6 is 0 Å². The Hall–Kier alpha value is -4.98. The zero-order chi connectivity index (χ0) is 24.2. The Morgan fingerprint density at radius 3 is 2.54 bits per heavy atom. The van der Waals surface area contributed by atoms with Crippen molar-refractivity contribution in [1.29, 1.82) is 0 Å². The van der Waals surface area contributed by atoms with E-state index in [1.807, 2.05) is 48.5 Å². The Morgan fingerprint density at radius 2 is 1.77 bits per heavy atom. The fourth-order valence-corrected chi connectivity index (χ4v) is 3.79. The van der Waals surface area contributed by atoms with Crippen molar-refractivity contribution in [1.82, 2.24) is 19.1 Å². The van der Waals surface area contributed by atoms with Gasteiger partial charge in [0.25, 0.3) is 0 Å². The number of anilines is 1. The van der Waals surface area contributed by atoms with E-state index in [-0.39, 0.29) is 11.6 Å². The van der Waals surface area contributed by atoms with Crippen LogP contribution in [-0.4, -0.2) is 25.0 Å². The van der Waals surface area contributed by atoms with E-state index < -0.39 is 0 Å². The van der Waals surface area contributed by atoms with Crippen molar-refractivity contribution < 1.29 is 9.53 Å². The lowest BCUT2D eigenvalue weighted by Gasteiger charge is -2.08. The van der Waals surface area contributed by atoms with Crippen molar-refractivity contribution in [3.8, 4) is 17.1 Å². The van der Waals surface area contributed by atoms with Crippen LogP contribution in [0.4, 0.5) is 5.69 Å². The van der Waals surface area contributed by atoms with Gasteiger partial charge >= 0.3 is 5.69 Å². The number of nitrogens with zero attached hydrogens (tertiary/aromatic N) is 4. The third-order valence-electron chi connectivity index (χ3n) is 5.41. The summed E-state index contributed by atoms with van der Waals surface area (Å²) in [6, 6.07) is 21.8. The lowest BCUT2D eigenvalue weighted by Crippen LogP contribution is -2.22. The number of pyridine rings is 2. The van der Waals surface area contributed by atoms with E-state index in [1.54, 1.807) is 52.0 Å². The molecule has 0 atom stereocenters. The molecular formula is C27H21N5O3. The molecule has 0 saturated carbocycles. The summed E-state index contributed by atoms with van der Waals surface area (Å²) in [5.41, 5.74) is 3.75. The summed E-state index contributed by atoms with van der Waals surface area (Å²) in [7, 11) is 0. The highest BCUT2D eigenvalue weighted by atomic mass is 16.5. The lowest BCUT2D eigenvalue weighted by molar-refractivity contribution is -0.111. The van der Waals surface area contributed by atoms with Gasteiger partial charge in [-0.25, -0.2) is 4.79 Å². The van der Waals surface area contributed by atoms with Crippen molar-refractivity contribution >= 4 is 22.6 Å². The van der Waals surface area contributed by atoms with Crippen LogP contribution < -0.4 is 15.7 Å². The first-order valence-corrected chi connectivity index (χ1v) is 10.9. The molecule has 0 aliphatic heterocycles. The van der Waals surface area contributed by atoms with Gasteiger partial charge in [0.2, 0.25) is 5.91 Å². The summed E-state index contributed by atoms with van der Waals surface area (Å²) in [4.78, 5) is 33.8. The number of fused-ring (bicyclic) bond motifs is 1. The van der Waals surface area contributed by atoms with Crippen LogP contribution in [0.2, 0.25) is 0 Å². The first-order valence-electron chi connectivity index (χ1n) is 10.9. The van der Waals surface area contributed by atoms with E-state index >= 15 is 0 Å². The van der Waals surface area contributed by atoms with Gasteiger partial charge in [-0.2, -0.15) is 0 Å². The lowest BCUT2D eigenvalue weighted by atomic mass is 10.2. The Morgan fingerprint density at radius 1 is 0.943 bits per heavy atom. The van der Waals surface area contributed by atoms with Crippen LogP contribution in [0.5, 0.6) is 5.75 Å². The predicted octanol–water partition coefficient (Wildman–Crippen LogP) is 4.27. The molecule has 3 heterocycles. The van der Waals surface area contributed by atoms with Crippen molar-refractivity contribution in [2.75, 3.05) is 5.32 Å². The SMILES string of the molecule is C=CC(=O)Nc1cccc(-n2c(=O)n(-c3ccc(OCc4ccccn4)cc3)c3cnccc32)c1. The molecule has 0 spiro atoms. The second kappa shape index (κ2) is 9.48. The summed E-state index contributed by atoms with van der Waals surface area (Å²) < 4.78 is 9.01. The summed E-state index contributed by atoms with van der Waals surface area (Å²) in [5.74, 6) is 0.339. The van der Waals surface area contributed by atoms with E-state index in [4.69, 9.17) is 4.74 Å². The molecule has 0 unspecified atom stereocenters. The van der Waals surface area contributed by atoms with E-state index in [0.717, 1.165) is 5.69 Å². The number of imidazole rings is 1. The zero-order valence-electron chi connectivity index (χ0n) is 18.7. The molecule has 8 heteroatoms. The molecule has 1 amide bonds. The molecule has 5 aromatic rings. The first-order chi connectivity index (χ1) is 17.1. The molecule has 5 rings (SSSR count). The monoisotopic (exact) mass is 463 g/mol. The first kappa shape index (κ1) is 21.8. The van der Waals surface area contributed by atoms with Crippen LogP contribution in [0.15, 0.2) is 109 Å². The number of carbonyl (C=O) groups excluding carboxylic acids is 1. The van der Waals surface area contributed by atoms with Crippen molar-refractivity contribution in [3.05, 3.63) is 120 Å². The average Bonchev–Trinajstić information content (AvgIpc) is 3.20. The highest BCUT2D eigenvalue weighted by molar-refractivity contribution is 5.99. The van der Waals surface area contributed by atoms with E-state index in [0.29, 0.717) is 40.5 Å². The molecule has 0 bridgehead atoms. The topological polar surface area (TPSA) is 91.0 Å². The van der Waals surface area contributed by atoms with Gasteiger partial charge in [-0.1, -0.05) is 18.7 Å². The van der Waals surface area contributed by atoms with Gasteiger partial charge in [0.1, 0.15) is 12.4 Å². The Kier molecular flexibility index (Phi) is 5.92. The summed E-state index contributed by atoms with van der Waals surface area (Å²) in [6.45, 7) is 3.82. The maximum absolute atomic E-state index is 13.6. The van der Waals surface area contributed by atoms with Gasteiger partial charge in [-0.3, -0.25) is 23.9 Å². The van der Waals surface area contributed by atoms with Crippen molar-refractivity contribution in [3.63, 3.8) is 0 Å². The van der Waals surface area contributed by atoms with Crippen molar-refractivity contribution in [2.45, 2.75) is 6.61 Å². The molecule has 0 aliphatic rings. The quantitative estimate of drug-likeness (QED) is 0.364. The summed E-state index contributed by atoms with van der Waals surface area (Å²) in [5, 5.41) is 2.73. The second-order valence-electron chi connectivity index (χ2n) is 7.67. The molecule has 3 aromatic heterocycles. The summed E-state index contributed by atoms with van der Waals surface area (Å²) in [6.07, 6.45) is 6.21. The van der Waals surface area contributed by atoms with Gasteiger partial charge in [0, 0.05) is 18.1 Å². The molecule has 35 heavy (non-hydrogen) atoms. The van der Waals surface area contributed by atoms with Gasteiger partial charge < -0.3 is 10.1 Å². The van der Waals surface area contributed by atoms with Crippen LogP contribution in [0.1, 0.15) is 5.69 Å². The number of carbonyl (C=O) groups is 1. The molecule has 0 aliphatic carbocycles. The fourth-order valence-electron chi connectivity index (χ4n) is 3.79. The maximum atomic E-state index is 13.6. The van der Waals surface area contributed by atoms with E-state index in [1.165, 1.54) is 6.08 Å². The molecule has 8 nitrogen and oxygen atoms in total. The minimum Gasteiger partial charge on any atom is -0.487 e.